The number of benzene rings is 2. The maximum atomic E-state index is 6.71. The summed E-state index contributed by atoms with van der Waals surface area (Å²) in [5, 5.41) is 1.47. The van der Waals surface area contributed by atoms with E-state index in [2.05, 4.69) is 33.9 Å². The highest BCUT2D eigenvalue weighted by Crippen LogP contribution is 2.43. The van der Waals surface area contributed by atoms with Crippen molar-refractivity contribution in [1.29, 1.82) is 0 Å². The van der Waals surface area contributed by atoms with Crippen LogP contribution in [-0.4, -0.2) is 8.32 Å². The zero-order chi connectivity index (χ0) is 18.8. The van der Waals surface area contributed by atoms with E-state index in [1.807, 2.05) is 48.5 Å². The second-order valence-corrected chi connectivity index (χ2v) is 13.6. The molecule has 2 nitrogen and oxygen atoms in total. The van der Waals surface area contributed by atoms with Gasteiger partial charge < -0.3 is 10.2 Å². The Kier molecular flexibility index (Phi) is 6.39. The minimum Gasteiger partial charge on any atom is -0.408 e. The van der Waals surface area contributed by atoms with Gasteiger partial charge in [-0.3, -0.25) is 0 Å². The fourth-order valence-corrected chi connectivity index (χ4v) is 3.98. The van der Waals surface area contributed by atoms with E-state index in [0.717, 1.165) is 11.1 Å². The second-order valence-electron chi connectivity index (χ2n) is 7.93. The van der Waals surface area contributed by atoms with Crippen molar-refractivity contribution < 1.29 is 4.43 Å². The lowest BCUT2D eigenvalue weighted by Crippen LogP contribution is -2.43. The molecule has 0 fully saturated rings. The van der Waals surface area contributed by atoms with Crippen LogP contribution in [0.25, 0.3) is 0 Å². The molecule has 0 aliphatic heterocycles. The van der Waals surface area contributed by atoms with Gasteiger partial charge in [0, 0.05) is 10.0 Å². The molecule has 0 radical (unpaired) electrons. The zero-order valence-corrected chi connectivity index (χ0v) is 18.0. The van der Waals surface area contributed by atoms with Gasteiger partial charge in [-0.1, -0.05) is 68.2 Å². The average molecular weight is 396 g/mol. The van der Waals surface area contributed by atoms with Crippen molar-refractivity contribution in [2.75, 3.05) is 0 Å². The molecule has 0 bridgehead atoms. The summed E-state index contributed by atoms with van der Waals surface area (Å²) < 4.78 is 6.71. The Morgan fingerprint density at radius 3 is 2.04 bits per heavy atom. The molecule has 0 aromatic heterocycles. The van der Waals surface area contributed by atoms with Crippen LogP contribution in [0.1, 0.15) is 44.0 Å². The van der Waals surface area contributed by atoms with E-state index in [-0.39, 0.29) is 17.2 Å². The molecule has 0 saturated heterocycles. The summed E-state index contributed by atoms with van der Waals surface area (Å²) in [6.07, 6.45) is -0.263. The molecule has 2 N–H and O–H groups in total. The van der Waals surface area contributed by atoms with Gasteiger partial charge >= 0.3 is 0 Å². The Hall–Kier alpha value is -0.843. The molecule has 2 atom stereocenters. The highest BCUT2D eigenvalue weighted by atomic mass is 35.5. The first-order valence-electron chi connectivity index (χ1n) is 8.45. The smallest absolute Gasteiger partial charge is 0.193 e. The average Bonchev–Trinajstić information content (AvgIpc) is 2.51. The Bertz CT molecular complexity index is 710. The molecule has 2 rings (SSSR count). The van der Waals surface area contributed by atoms with E-state index in [4.69, 9.17) is 33.4 Å². The summed E-state index contributed by atoms with van der Waals surface area (Å²) in [6.45, 7) is 11.1. The molecule has 0 aliphatic carbocycles. The first kappa shape index (κ1) is 20.5. The van der Waals surface area contributed by atoms with Crippen molar-refractivity contribution >= 4 is 31.5 Å². The maximum Gasteiger partial charge on any atom is 0.193 e. The summed E-state index contributed by atoms with van der Waals surface area (Å²) in [4.78, 5) is 0. The van der Waals surface area contributed by atoms with Gasteiger partial charge in [0.2, 0.25) is 0 Å². The second kappa shape index (κ2) is 7.81. The van der Waals surface area contributed by atoms with Crippen LogP contribution in [0.2, 0.25) is 28.2 Å². The minimum atomic E-state index is -2.02. The van der Waals surface area contributed by atoms with Crippen LogP contribution < -0.4 is 5.73 Å². The fourth-order valence-electron chi connectivity index (χ4n) is 2.39. The van der Waals surface area contributed by atoms with Crippen LogP contribution in [0, 0.1) is 0 Å². The Balaban J connectivity index is 2.43. The fraction of sp³-hybridized carbons (Fsp3) is 0.400. The molecule has 0 spiro atoms. The van der Waals surface area contributed by atoms with Crippen molar-refractivity contribution in [1.82, 2.24) is 0 Å². The molecule has 25 heavy (non-hydrogen) atoms. The predicted octanol–water partition coefficient (Wildman–Crippen LogP) is 6.76. The third-order valence-electron chi connectivity index (χ3n) is 4.99. The van der Waals surface area contributed by atoms with Crippen molar-refractivity contribution in [2.45, 2.75) is 51.0 Å². The van der Waals surface area contributed by atoms with Crippen LogP contribution in [0.3, 0.4) is 0 Å². The minimum absolute atomic E-state index is 0.0868. The highest BCUT2D eigenvalue weighted by Gasteiger charge is 2.41. The summed E-state index contributed by atoms with van der Waals surface area (Å²) in [5.41, 5.74) is 8.63. The molecule has 2 aromatic rings. The van der Waals surface area contributed by atoms with Crippen LogP contribution in [0.5, 0.6) is 0 Å². The summed E-state index contributed by atoms with van der Waals surface area (Å²) in [5.74, 6) is 0. The summed E-state index contributed by atoms with van der Waals surface area (Å²) in [6, 6.07) is 15.1. The number of halogens is 2. The van der Waals surface area contributed by atoms with Crippen molar-refractivity contribution in [3.05, 3.63) is 69.7 Å². The largest absolute Gasteiger partial charge is 0.408 e. The van der Waals surface area contributed by atoms with Gasteiger partial charge in [0.15, 0.2) is 8.32 Å². The normalized spacial score (nSPS) is 15.0. The molecule has 0 heterocycles. The van der Waals surface area contributed by atoms with Gasteiger partial charge in [0.1, 0.15) is 0 Å². The van der Waals surface area contributed by atoms with E-state index < -0.39 is 8.32 Å². The number of rotatable bonds is 5. The van der Waals surface area contributed by atoms with Gasteiger partial charge in [-0.05, 0) is 53.5 Å². The van der Waals surface area contributed by atoms with E-state index in [1.54, 1.807) is 0 Å². The third-order valence-corrected chi connectivity index (χ3v) is 9.93. The third kappa shape index (κ3) is 5.08. The van der Waals surface area contributed by atoms with Gasteiger partial charge in [-0.2, -0.15) is 0 Å². The van der Waals surface area contributed by atoms with Crippen LogP contribution in [-0.2, 0) is 4.43 Å². The van der Waals surface area contributed by atoms with E-state index in [0.29, 0.717) is 10.0 Å². The van der Waals surface area contributed by atoms with Crippen LogP contribution >= 0.6 is 23.2 Å². The number of nitrogens with two attached hydrogens (primary N) is 1. The van der Waals surface area contributed by atoms with E-state index in [9.17, 15) is 0 Å². The van der Waals surface area contributed by atoms with Gasteiger partial charge in [0.05, 0.1) is 12.1 Å². The molecule has 0 unspecified atom stereocenters. The van der Waals surface area contributed by atoms with Crippen molar-refractivity contribution in [3.8, 4) is 0 Å². The Morgan fingerprint density at radius 2 is 1.52 bits per heavy atom. The van der Waals surface area contributed by atoms with E-state index in [1.165, 1.54) is 0 Å². The zero-order valence-electron chi connectivity index (χ0n) is 15.5. The van der Waals surface area contributed by atoms with Crippen molar-refractivity contribution in [2.24, 2.45) is 5.73 Å². The lowest BCUT2D eigenvalue weighted by molar-refractivity contribution is 0.154. The summed E-state index contributed by atoms with van der Waals surface area (Å²) in [7, 11) is -2.02. The molecule has 136 valence electrons. The summed E-state index contributed by atoms with van der Waals surface area (Å²) >= 11 is 12.2. The lowest BCUT2D eigenvalue weighted by Gasteiger charge is -2.41. The molecule has 0 saturated carbocycles. The molecule has 5 heteroatoms. The first-order chi connectivity index (χ1) is 11.5. The number of hydrogen-bond donors (Lipinski definition) is 1. The molecular formula is C20H27Cl2NOSi. The molecular weight excluding hydrogens is 369 g/mol. The molecule has 0 aliphatic rings. The first-order valence-corrected chi connectivity index (χ1v) is 12.1. The molecule has 2 aromatic carbocycles. The quantitative estimate of drug-likeness (QED) is 0.567. The highest BCUT2D eigenvalue weighted by molar-refractivity contribution is 6.74. The Morgan fingerprint density at radius 1 is 0.920 bits per heavy atom. The monoisotopic (exact) mass is 395 g/mol. The number of hydrogen-bond acceptors (Lipinski definition) is 2. The van der Waals surface area contributed by atoms with Gasteiger partial charge in [-0.15, -0.1) is 0 Å². The predicted molar refractivity (Wildman–Crippen MR) is 111 cm³/mol. The van der Waals surface area contributed by atoms with Crippen LogP contribution in [0.15, 0.2) is 48.5 Å². The maximum absolute atomic E-state index is 6.71. The van der Waals surface area contributed by atoms with Gasteiger partial charge in [0.25, 0.3) is 0 Å². The van der Waals surface area contributed by atoms with Crippen molar-refractivity contribution in [3.63, 3.8) is 0 Å². The standard InChI is InChI=1S/C20H27Cl2NOSi/c1-20(2,3)25(4,5)24-19(15-7-6-8-17(22)13-15)18(23)14-9-11-16(21)12-10-14/h6-13,18-19H,23H2,1-5H3/t18-,19-/m1/s1. The van der Waals surface area contributed by atoms with Gasteiger partial charge in [-0.25, -0.2) is 0 Å². The molecule has 0 amide bonds. The topological polar surface area (TPSA) is 35.2 Å². The SMILES string of the molecule is CC(C)(C)[Si](C)(C)O[C@H](c1cccc(Cl)c1)[C@H](N)c1ccc(Cl)cc1. The van der Waals surface area contributed by atoms with E-state index >= 15 is 0 Å². The lowest BCUT2D eigenvalue weighted by atomic mass is 9.97. The Labute approximate surface area is 162 Å². The van der Waals surface area contributed by atoms with Crippen LogP contribution in [0.4, 0.5) is 0 Å².